The molecule has 162 valence electrons. The molecule has 0 saturated heterocycles. The Balaban J connectivity index is 2.07. The van der Waals surface area contributed by atoms with Gasteiger partial charge in [-0.05, 0) is 23.8 Å². The number of nitriles is 1. The summed E-state index contributed by atoms with van der Waals surface area (Å²) >= 11 is 6.12. The van der Waals surface area contributed by atoms with Crippen LogP contribution in [-0.4, -0.2) is 31.1 Å². The van der Waals surface area contributed by atoms with Gasteiger partial charge in [-0.3, -0.25) is 9.59 Å². The Morgan fingerprint density at radius 1 is 1.19 bits per heavy atom. The number of hydrogen-bond donors (Lipinski definition) is 2. The standard InChI is InChI=1S/C21H20ClFN4O4/c22-15-7-2-1-6-14(15)17(26-21(25)30)12-20(29)31-13-19(28)27(11-5-10-24)18-9-4-3-8-16(18)23/h1-4,6-9,17H,5,11-13H2,(H3,25,26,30)/t17-/m0/s1. The summed E-state index contributed by atoms with van der Waals surface area (Å²) in [5.41, 5.74) is 5.60. The van der Waals surface area contributed by atoms with E-state index in [9.17, 15) is 18.8 Å². The molecule has 0 spiro atoms. The van der Waals surface area contributed by atoms with Crippen LogP contribution in [0.25, 0.3) is 0 Å². The minimum absolute atomic E-state index is 0.0249. The summed E-state index contributed by atoms with van der Waals surface area (Å²) in [6.07, 6.45) is -0.372. The van der Waals surface area contributed by atoms with Crippen LogP contribution in [0.15, 0.2) is 48.5 Å². The largest absolute Gasteiger partial charge is 0.455 e. The number of nitrogens with one attached hydrogen (secondary N) is 1. The lowest BCUT2D eigenvalue weighted by Gasteiger charge is -2.22. The zero-order chi connectivity index (χ0) is 22.8. The molecule has 0 aliphatic rings. The lowest BCUT2D eigenvalue weighted by Crippen LogP contribution is -2.37. The van der Waals surface area contributed by atoms with Crippen molar-refractivity contribution in [3.8, 4) is 6.07 Å². The summed E-state index contributed by atoms with van der Waals surface area (Å²) in [5, 5.41) is 11.5. The van der Waals surface area contributed by atoms with Gasteiger partial charge >= 0.3 is 12.0 Å². The molecule has 0 aromatic heterocycles. The number of carbonyl (C=O) groups excluding carboxylic acids is 3. The van der Waals surface area contributed by atoms with Crippen molar-refractivity contribution in [1.29, 1.82) is 5.26 Å². The number of esters is 1. The number of ether oxygens (including phenoxy) is 1. The van der Waals surface area contributed by atoms with Crippen molar-refractivity contribution in [2.75, 3.05) is 18.1 Å². The number of nitrogens with two attached hydrogens (primary N) is 1. The first-order valence-corrected chi connectivity index (χ1v) is 9.59. The number of para-hydroxylation sites is 1. The molecule has 0 aliphatic carbocycles. The minimum atomic E-state index is -0.866. The fraction of sp³-hybridized carbons (Fsp3) is 0.238. The molecule has 0 bridgehead atoms. The molecule has 3 N–H and O–H groups in total. The van der Waals surface area contributed by atoms with Crippen molar-refractivity contribution in [3.63, 3.8) is 0 Å². The van der Waals surface area contributed by atoms with E-state index in [-0.39, 0.29) is 25.1 Å². The maximum atomic E-state index is 14.1. The van der Waals surface area contributed by atoms with E-state index in [1.807, 2.05) is 6.07 Å². The van der Waals surface area contributed by atoms with Crippen molar-refractivity contribution in [2.24, 2.45) is 5.73 Å². The van der Waals surface area contributed by atoms with Crippen LogP contribution in [0.3, 0.4) is 0 Å². The van der Waals surface area contributed by atoms with Gasteiger partial charge in [0.2, 0.25) is 0 Å². The molecule has 0 radical (unpaired) electrons. The quantitative estimate of drug-likeness (QED) is 0.572. The van der Waals surface area contributed by atoms with Crippen molar-refractivity contribution in [1.82, 2.24) is 5.32 Å². The van der Waals surface area contributed by atoms with E-state index in [0.29, 0.717) is 10.6 Å². The van der Waals surface area contributed by atoms with Crippen LogP contribution in [0.5, 0.6) is 0 Å². The Morgan fingerprint density at radius 2 is 1.87 bits per heavy atom. The average molecular weight is 447 g/mol. The second kappa shape index (κ2) is 11.5. The zero-order valence-electron chi connectivity index (χ0n) is 16.4. The highest BCUT2D eigenvalue weighted by atomic mass is 35.5. The zero-order valence-corrected chi connectivity index (χ0v) is 17.1. The van der Waals surface area contributed by atoms with E-state index in [2.05, 4.69) is 5.32 Å². The van der Waals surface area contributed by atoms with Crippen molar-refractivity contribution in [3.05, 3.63) is 64.9 Å². The lowest BCUT2D eigenvalue weighted by molar-refractivity contribution is -0.148. The van der Waals surface area contributed by atoms with E-state index in [1.165, 1.54) is 18.2 Å². The van der Waals surface area contributed by atoms with Gasteiger partial charge < -0.3 is 20.7 Å². The van der Waals surface area contributed by atoms with Crippen LogP contribution in [0.4, 0.5) is 14.9 Å². The van der Waals surface area contributed by atoms with Crippen molar-refractivity contribution >= 4 is 35.2 Å². The van der Waals surface area contributed by atoms with Gasteiger partial charge in [0.25, 0.3) is 5.91 Å². The summed E-state index contributed by atoms with van der Waals surface area (Å²) in [6, 6.07) is 12.3. The predicted octanol–water partition coefficient (Wildman–Crippen LogP) is 3.07. The molecule has 0 aliphatic heterocycles. The number of benzene rings is 2. The number of carbonyl (C=O) groups is 3. The normalized spacial score (nSPS) is 11.1. The molecule has 0 fully saturated rings. The molecular formula is C21H20ClFN4O4. The SMILES string of the molecule is N#CCCN(C(=O)COC(=O)C[C@H](NC(N)=O)c1ccccc1Cl)c1ccccc1F. The average Bonchev–Trinajstić information content (AvgIpc) is 2.73. The van der Waals surface area contributed by atoms with E-state index in [0.717, 1.165) is 4.90 Å². The van der Waals surface area contributed by atoms with Gasteiger partial charge in [0.15, 0.2) is 6.61 Å². The number of hydrogen-bond acceptors (Lipinski definition) is 5. The molecule has 1 atom stereocenters. The smallest absolute Gasteiger partial charge is 0.312 e. The monoisotopic (exact) mass is 446 g/mol. The van der Waals surface area contributed by atoms with Gasteiger partial charge in [-0.15, -0.1) is 0 Å². The molecule has 0 heterocycles. The number of rotatable bonds is 9. The Hall–Kier alpha value is -3.64. The molecule has 3 amide bonds. The minimum Gasteiger partial charge on any atom is -0.455 e. The first-order chi connectivity index (χ1) is 14.8. The number of primary amides is 1. The van der Waals surface area contributed by atoms with Crippen molar-refractivity contribution < 1.29 is 23.5 Å². The lowest BCUT2D eigenvalue weighted by atomic mass is 10.0. The summed E-state index contributed by atoms with van der Waals surface area (Å²) in [5.74, 6) is -2.16. The summed E-state index contributed by atoms with van der Waals surface area (Å²) in [4.78, 5) is 37.2. The Labute approximate surface area is 183 Å². The molecule has 31 heavy (non-hydrogen) atoms. The Bertz CT molecular complexity index is 995. The molecule has 0 unspecified atom stereocenters. The highest BCUT2D eigenvalue weighted by Crippen LogP contribution is 2.25. The highest BCUT2D eigenvalue weighted by molar-refractivity contribution is 6.31. The fourth-order valence-corrected chi connectivity index (χ4v) is 3.09. The van der Waals surface area contributed by atoms with Crippen LogP contribution < -0.4 is 16.0 Å². The fourth-order valence-electron chi connectivity index (χ4n) is 2.83. The molecule has 10 heteroatoms. The van der Waals surface area contributed by atoms with Gasteiger partial charge in [-0.2, -0.15) is 5.26 Å². The maximum Gasteiger partial charge on any atom is 0.312 e. The number of halogens is 2. The van der Waals surface area contributed by atoms with Crippen molar-refractivity contribution in [2.45, 2.75) is 18.9 Å². The number of urea groups is 1. The van der Waals surface area contributed by atoms with Gasteiger partial charge in [0, 0.05) is 11.6 Å². The first-order valence-electron chi connectivity index (χ1n) is 9.21. The number of nitrogens with zero attached hydrogens (tertiary/aromatic N) is 2. The van der Waals surface area contributed by atoms with Gasteiger partial charge in [0.1, 0.15) is 5.82 Å². The summed E-state index contributed by atoms with van der Waals surface area (Å²) < 4.78 is 19.1. The van der Waals surface area contributed by atoms with E-state index < -0.39 is 36.4 Å². The second-order valence-corrected chi connectivity index (χ2v) is 6.76. The van der Waals surface area contributed by atoms with E-state index in [1.54, 1.807) is 30.3 Å². The van der Waals surface area contributed by atoms with Crippen LogP contribution in [0, 0.1) is 17.1 Å². The third kappa shape index (κ3) is 6.97. The van der Waals surface area contributed by atoms with Gasteiger partial charge in [0.05, 0.1) is 30.6 Å². The molecular weight excluding hydrogens is 427 g/mol. The van der Waals surface area contributed by atoms with E-state index in [4.69, 9.17) is 27.3 Å². The Kier molecular flexibility index (Phi) is 8.78. The molecule has 2 rings (SSSR count). The van der Waals surface area contributed by atoms with Gasteiger partial charge in [-0.25, -0.2) is 9.18 Å². The summed E-state index contributed by atoms with van der Waals surface area (Å²) in [7, 11) is 0. The number of anilines is 1. The Morgan fingerprint density at radius 3 is 2.52 bits per heavy atom. The third-order valence-electron chi connectivity index (χ3n) is 4.22. The van der Waals surface area contributed by atoms with Crippen LogP contribution in [0.2, 0.25) is 5.02 Å². The molecule has 2 aromatic rings. The van der Waals surface area contributed by atoms with Crippen LogP contribution in [0.1, 0.15) is 24.4 Å². The second-order valence-electron chi connectivity index (χ2n) is 6.35. The van der Waals surface area contributed by atoms with Gasteiger partial charge in [-0.1, -0.05) is 41.9 Å². The predicted molar refractivity (Wildman–Crippen MR) is 111 cm³/mol. The third-order valence-corrected chi connectivity index (χ3v) is 4.56. The van der Waals surface area contributed by atoms with Crippen LogP contribution in [-0.2, 0) is 14.3 Å². The molecule has 2 aromatic carbocycles. The summed E-state index contributed by atoms with van der Waals surface area (Å²) in [6.45, 7) is -0.746. The maximum absolute atomic E-state index is 14.1. The topological polar surface area (TPSA) is 126 Å². The number of amides is 3. The van der Waals surface area contributed by atoms with Crippen LogP contribution >= 0.6 is 11.6 Å². The first kappa shape index (κ1) is 23.6. The highest BCUT2D eigenvalue weighted by Gasteiger charge is 2.23. The van der Waals surface area contributed by atoms with E-state index >= 15 is 0 Å². The molecule has 0 saturated carbocycles. The molecule has 8 nitrogen and oxygen atoms in total.